The van der Waals surface area contributed by atoms with Crippen LogP contribution in [0.2, 0.25) is 0 Å². The van der Waals surface area contributed by atoms with Gasteiger partial charge in [-0.2, -0.15) is 0 Å². The molecule has 0 spiro atoms. The zero-order chi connectivity index (χ0) is 17.6. The van der Waals surface area contributed by atoms with Crippen LogP contribution in [0.25, 0.3) is 0 Å². The topological polar surface area (TPSA) is 101 Å². The van der Waals surface area contributed by atoms with Crippen LogP contribution < -0.4 is 10.6 Å². The van der Waals surface area contributed by atoms with Crippen LogP contribution in [0.1, 0.15) is 29.6 Å². The number of nitrogens with one attached hydrogen (secondary N) is 2. The maximum Gasteiger partial charge on any atom is 0.251 e. The fraction of sp³-hybridized carbons (Fsp3) is 0.500. The summed E-state index contributed by atoms with van der Waals surface area (Å²) >= 11 is 0. The van der Waals surface area contributed by atoms with Crippen LogP contribution in [-0.4, -0.2) is 53.3 Å². The molecule has 1 aromatic rings. The second-order valence-corrected chi connectivity index (χ2v) is 6.47. The number of hydrogen-bond acceptors (Lipinski definition) is 5. The molecule has 0 bridgehead atoms. The van der Waals surface area contributed by atoms with Gasteiger partial charge in [-0.1, -0.05) is 12.2 Å². The third-order valence-electron chi connectivity index (χ3n) is 4.37. The van der Waals surface area contributed by atoms with Crippen molar-refractivity contribution in [2.45, 2.75) is 37.5 Å². The van der Waals surface area contributed by atoms with Gasteiger partial charge in [0.1, 0.15) is 6.10 Å². The lowest BCUT2D eigenvalue weighted by atomic mass is 10.0. The van der Waals surface area contributed by atoms with Crippen LogP contribution in [0, 0.1) is 5.92 Å². The average Bonchev–Trinajstić information content (AvgIpc) is 3.46. The summed E-state index contributed by atoms with van der Waals surface area (Å²) in [6, 6.07) is 2.78. The van der Waals surface area contributed by atoms with Crippen molar-refractivity contribution in [2.24, 2.45) is 5.92 Å². The van der Waals surface area contributed by atoms with E-state index in [0.717, 1.165) is 6.54 Å². The van der Waals surface area contributed by atoms with Crippen molar-refractivity contribution in [3.05, 3.63) is 42.2 Å². The average molecular weight is 345 g/mol. The number of pyridine rings is 1. The van der Waals surface area contributed by atoms with Crippen molar-refractivity contribution in [3.63, 3.8) is 0 Å². The summed E-state index contributed by atoms with van der Waals surface area (Å²) in [4.78, 5) is 28.0. The van der Waals surface area contributed by atoms with Gasteiger partial charge in [-0.15, -0.1) is 0 Å². The smallest absolute Gasteiger partial charge is 0.251 e. The number of aromatic nitrogens is 1. The van der Waals surface area contributed by atoms with Gasteiger partial charge in [0.15, 0.2) is 0 Å². The Labute approximate surface area is 146 Å². The van der Waals surface area contributed by atoms with Crippen molar-refractivity contribution >= 4 is 11.8 Å². The van der Waals surface area contributed by atoms with Crippen molar-refractivity contribution in [1.29, 1.82) is 0 Å². The van der Waals surface area contributed by atoms with E-state index in [2.05, 4.69) is 15.6 Å². The molecule has 1 saturated carbocycles. The van der Waals surface area contributed by atoms with Crippen molar-refractivity contribution in [2.75, 3.05) is 13.2 Å². The number of aliphatic hydroxyl groups is 1. The quantitative estimate of drug-likeness (QED) is 0.622. The largest absolute Gasteiger partial charge is 0.394 e. The Hall–Kier alpha value is -2.25. The Morgan fingerprint density at radius 1 is 1.24 bits per heavy atom. The van der Waals surface area contributed by atoms with Crippen molar-refractivity contribution in [1.82, 2.24) is 15.6 Å². The fourth-order valence-electron chi connectivity index (χ4n) is 2.71. The SMILES string of the molecule is O=C(C[C@@H]1C=C[C@H](NC(=O)c2ccncc2)[C@H](CO)O1)NCC1CC1. The summed E-state index contributed by atoms with van der Waals surface area (Å²) in [6.07, 6.45) is 8.23. The van der Waals surface area contributed by atoms with E-state index in [-0.39, 0.29) is 24.8 Å². The molecule has 0 unspecified atom stereocenters. The maximum absolute atomic E-state index is 12.2. The van der Waals surface area contributed by atoms with E-state index < -0.39 is 18.2 Å². The van der Waals surface area contributed by atoms with Crippen LogP contribution in [0.3, 0.4) is 0 Å². The van der Waals surface area contributed by atoms with Gasteiger partial charge in [0.2, 0.25) is 5.91 Å². The Morgan fingerprint density at radius 3 is 2.68 bits per heavy atom. The number of aliphatic hydroxyl groups excluding tert-OH is 1. The van der Waals surface area contributed by atoms with Crippen LogP contribution in [0.15, 0.2) is 36.7 Å². The maximum atomic E-state index is 12.2. The van der Waals surface area contributed by atoms with Gasteiger partial charge in [0, 0.05) is 24.5 Å². The summed E-state index contributed by atoms with van der Waals surface area (Å²) in [5.41, 5.74) is 0.488. The van der Waals surface area contributed by atoms with Gasteiger partial charge >= 0.3 is 0 Å². The van der Waals surface area contributed by atoms with Gasteiger partial charge in [-0.05, 0) is 30.9 Å². The van der Waals surface area contributed by atoms with Crippen LogP contribution in [0.4, 0.5) is 0 Å². The minimum absolute atomic E-state index is 0.0579. The standard InChI is InChI=1S/C18H23N3O4/c22-11-16-15(21-18(24)13-5-7-19-8-6-13)4-3-14(25-16)9-17(23)20-10-12-1-2-12/h3-8,12,14-16,22H,1-2,9-11H2,(H,20,23)(H,21,24)/t14-,15-,16-/m0/s1. The summed E-state index contributed by atoms with van der Waals surface area (Å²) in [7, 11) is 0. The molecule has 7 nitrogen and oxygen atoms in total. The molecule has 1 aromatic heterocycles. The molecule has 0 aromatic carbocycles. The zero-order valence-electron chi connectivity index (χ0n) is 13.9. The van der Waals surface area contributed by atoms with Gasteiger partial charge in [0.05, 0.1) is 25.2 Å². The molecule has 2 heterocycles. The fourth-order valence-corrected chi connectivity index (χ4v) is 2.71. The Kier molecular flexibility index (Phi) is 5.78. The molecular formula is C18H23N3O4. The molecule has 1 aliphatic heterocycles. The Balaban J connectivity index is 1.53. The highest BCUT2D eigenvalue weighted by molar-refractivity contribution is 5.94. The van der Waals surface area contributed by atoms with Gasteiger partial charge in [0.25, 0.3) is 5.91 Å². The second kappa shape index (κ2) is 8.22. The van der Waals surface area contributed by atoms with Crippen molar-refractivity contribution in [3.8, 4) is 0 Å². The molecule has 3 atom stereocenters. The molecule has 1 fully saturated rings. The van der Waals surface area contributed by atoms with E-state index in [0.29, 0.717) is 11.5 Å². The predicted molar refractivity (Wildman–Crippen MR) is 90.7 cm³/mol. The monoisotopic (exact) mass is 345 g/mol. The van der Waals surface area contributed by atoms with E-state index in [1.54, 1.807) is 36.7 Å². The molecule has 2 amide bonds. The lowest BCUT2D eigenvalue weighted by Gasteiger charge is -2.31. The molecule has 3 N–H and O–H groups in total. The highest BCUT2D eigenvalue weighted by Gasteiger charge is 2.29. The summed E-state index contributed by atoms with van der Waals surface area (Å²) in [6.45, 7) is 0.481. The van der Waals surface area contributed by atoms with Gasteiger partial charge < -0.3 is 20.5 Å². The summed E-state index contributed by atoms with van der Waals surface area (Å²) < 4.78 is 5.75. The Morgan fingerprint density at radius 2 is 2.00 bits per heavy atom. The van der Waals surface area contributed by atoms with E-state index in [4.69, 9.17) is 4.74 Å². The van der Waals surface area contributed by atoms with Gasteiger partial charge in [-0.25, -0.2) is 0 Å². The molecule has 134 valence electrons. The number of carbonyl (C=O) groups is 2. The number of rotatable bonds is 7. The zero-order valence-corrected chi connectivity index (χ0v) is 13.9. The van der Waals surface area contributed by atoms with Crippen LogP contribution in [-0.2, 0) is 9.53 Å². The predicted octanol–water partition coefficient (Wildman–Crippen LogP) is 0.412. The molecule has 7 heteroatoms. The second-order valence-electron chi connectivity index (χ2n) is 6.47. The normalized spacial score (nSPS) is 25.4. The minimum Gasteiger partial charge on any atom is -0.394 e. The van der Waals surface area contributed by atoms with Crippen LogP contribution in [0.5, 0.6) is 0 Å². The molecular weight excluding hydrogens is 322 g/mol. The number of carbonyl (C=O) groups excluding carboxylic acids is 2. The first-order valence-corrected chi connectivity index (χ1v) is 8.58. The highest BCUT2D eigenvalue weighted by Crippen LogP contribution is 2.27. The molecule has 0 saturated heterocycles. The van der Waals surface area contributed by atoms with E-state index in [9.17, 15) is 14.7 Å². The first-order chi connectivity index (χ1) is 12.2. The summed E-state index contributed by atoms with van der Waals surface area (Å²) in [5, 5.41) is 15.3. The number of amides is 2. The van der Waals surface area contributed by atoms with E-state index in [1.807, 2.05) is 0 Å². The number of nitrogens with zero attached hydrogens (tertiary/aromatic N) is 1. The molecule has 0 radical (unpaired) electrons. The lowest BCUT2D eigenvalue weighted by Crippen LogP contribution is -2.49. The lowest BCUT2D eigenvalue weighted by molar-refractivity contribution is -0.125. The highest BCUT2D eigenvalue weighted by atomic mass is 16.5. The molecule has 3 rings (SSSR count). The van der Waals surface area contributed by atoms with E-state index >= 15 is 0 Å². The third kappa shape index (κ3) is 5.11. The first-order valence-electron chi connectivity index (χ1n) is 8.58. The van der Waals surface area contributed by atoms with E-state index in [1.165, 1.54) is 12.8 Å². The number of ether oxygens (including phenoxy) is 1. The van der Waals surface area contributed by atoms with Crippen molar-refractivity contribution < 1.29 is 19.4 Å². The molecule has 2 aliphatic rings. The summed E-state index contributed by atoms with van der Waals surface area (Å²) in [5.74, 6) is 0.307. The van der Waals surface area contributed by atoms with Crippen LogP contribution >= 0.6 is 0 Å². The minimum atomic E-state index is -0.586. The molecule has 1 aliphatic carbocycles. The Bertz CT molecular complexity index is 630. The third-order valence-corrected chi connectivity index (χ3v) is 4.37. The first kappa shape index (κ1) is 17.6. The number of hydrogen-bond donors (Lipinski definition) is 3. The molecule has 25 heavy (non-hydrogen) atoms. The van der Waals surface area contributed by atoms with Gasteiger partial charge in [-0.3, -0.25) is 14.6 Å².